The average Bonchev–Trinajstić information content (AvgIpc) is 2.80. The molecule has 0 radical (unpaired) electrons. The second kappa shape index (κ2) is 9.10. The fourth-order valence-electron chi connectivity index (χ4n) is 4.24. The van der Waals surface area contributed by atoms with Gasteiger partial charge in [0.25, 0.3) is 11.6 Å². The first-order chi connectivity index (χ1) is 15.0. The van der Waals surface area contributed by atoms with Crippen molar-refractivity contribution in [1.29, 1.82) is 0 Å². The number of carbonyl (C=O) groups is 1. The van der Waals surface area contributed by atoms with Crippen LogP contribution in [-0.2, 0) is 0 Å². The SMILES string of the molecule is Cc1cc(C(=O)N2CCN(C(c3ccccc3)c3ccccc3)CC2)ccc1[N+](=O)[O-]. The van der Waals surface area contributed by atoms with Gasteiger partial charge in [0, 0.05) is 43.4 Å². The smallest absolute Gasteiger partial charge is 0.272 e. The van der Waals surface area contributed by atoms with Crippen LogP contribution in [0.5, 0.6) is 0 Å². The number of nitrogens with zero attached hydrogens (tertiary/aromatic N) is 3. The molecule has 0 saturated carbocycles. The van der Waals surface area contributed by atoms with Gasteiger partial charge in [-0.15, -0.1) is 0 Å². The Hall–Kier alpha value is -3.51. The molecule has 0 N–H and O–H groups in total. The Kier molecular flexibility index (Phi) is 6.09. The molecule has 4 rings (SSSR count). The van der Waals surface area contributed by atoms with Crippen molar-refractivity contribution >= 4 is 11.6 Å². The van der Waals surface area contributed by atoms with E-state index in [1.165, 1.54) is 17.2 Å². The van der Waals surface area contributed by atoms with Gasteiger partial charge in [-0.3, -0.25) is 19.8 Å². The van der Waals surface area contributed by atoms with E-state index in [0.29, 0.717) is 24.2 Å². The maximum absolute atomic E-state index is 13.0. The lowest BCUT2D eigenvalue weighted by atomic mass is 9.96. The maximum Gasteiger partial charge on any atom is 0.272 e. The second-order valence-electron chi connectivity index (χ2n) is 7.81. The molecule has 1 amide bonds. The van der Waals surface area contributed by atoms with Crippen molar-refractivity contribution in [2.24, 2.45) is 0 Å². The lowest BCUT2D eigenvalue weighted by molar-refractivity contribution is -0.385. The Morgan fingerprint density at radius 2 is 1.42 bits per heavy atom. The third-order valence-electron chi connectivity index (χ3n) is 5.84. The zero-order valence-electron chi connectivity index (χ0n) is 17.5. The van der Waals surface area contributed by atoms with E-state index in [-0.39, 0.29) is 17.6 Å². The van der Waals surface area contributed by atoms with E-state index in [1.807, 2.05) is 17.0 Å². The molecule has 6 nitrogen and oxygen atoms in total. The van der Waals surface area contributed by atoms with Crippen LogP contribution in [0.2, 0.25) is 0 Å². The van der Waals surface area contributed by atoms with Gasteiger partial charge in [0.1, 0.15) is 0 Å². The van der Waals surface area contributed by atoms with Crippen LogP contribution in [0, 0.1) is 17.0 Å². The van der Waals surface area contributed by atoms with E-state index in [4.69, 9.17) is 0 Å². The van der Waals surface area contributed by atoms with Gasteiger partial charge in [-0.1, -0.05) is 60.7 Å². The molecular weight excluding hydrogens is 390 g/mol. The largest absolute Gasteiger partial charge is 0.336 e. The van der Waals surface area contributed by atoms with Crippen molar-refractivity contribution in [2.45, 2.75) is 13.0 Å². The molecule has 1 aliphatic rings. The zero-order valence-corrected chi connectivity index (χ0v) is 17.5. The van der Waals surface area contributed by atoms with E-state index < -0.39 is 4.92 Å². The number of benzene rings is 3. The standard InChI is InChI=1S/C25H25N3O3/c1-19-18-22(12-13-23(19)28(30)31)25(29)27-16-14-26(15-17-27)24(20-8-4-2-5-9-20)21-10-6-3-7-11-21/h2-13,18,24H,14-17H2,1H3. The highest BCUT2D eigenvalue weighted by atomic mass is 16.6. The van der Waals surface area contributed by atoms with Crippen LogP contribution < -0.4 is 0 Å². The normalized spacial score (nSPS) is 14.6. The quantitative estimate of drug-likeness (QED) is 0.456. The van der Waals surface area contributed by atoms with Crippen molar-refractivity contribution in [3.63, 3.8) is 0 Å². The van der Waals surface area contributed by atoms with Gasteiger partial charge >= 0.3 is 0 Å². The number of piperazine rings is 1. The molecular formula is C25H25N3O3. The number of aryl methyl sites for hydroxylation is 1. The molecule has 1 heterocycles. The zero-order chi connectivity index (χ0) is 21.8. The summed E-state index contributed by atoms with van der Waals surface area (Å²) in [4.78, 5) is 27.9. The van der Waals surface area contributed by atoms with E-state index in [1.54, 1.807) is 19.1 Å². The molecule has 3 aromatic rings. The van der Waals surface area contributed by atoms with Gasteiger partial charge in [-0.2, -0.15) is 0 Å². The van der Waals surface area contributed by atoms with Crippen molar-refractivity contribution in [3.05, 3.63) is 111 Å². The number of amides is 1. The number of rotatable bonds is 5. The molecule has 6 heteroatoms. The van der Waals surface area contributed by atoms with E-state index >= 15 is 0 Å². The predicted molar refractivity (Wildman–Crippen MR) is 120 cm³/mol. The minimum atomic E-state index is -0.421. The van der Waals surface area contributed by atoms with Crippen LogP contribution >= 0.6 is 0 Å². The fraction of sp³-hybridized carbons (Fsp3) is 0.240. The molecule has 158 valence electrons. The highest BCUT2D eigenvalue weighted by Gasteiger charge is 2.29. The summed E-state index contributed by atoms with van der Waals surface area (Å²) in [5.74, 6) is -0.0754. The molecule has 1 aliphatic heterocycles. The minimum Gasteiger partial charge on any atom is -0.336 e. The molecule has 0 atom stereocenters. The summed E-state index contributed by atoms with van der Waals surface area (Å²) in [5.41, 5.74) is 3.51. The molecule has 0 bridgehead atoms. The van der Waals surface area contributed by atoms with Crippen LogP contribution in [0.3, 0.4) is 0 Å². The number of nitro groups is 1. The van der Waals surface area contributed by atoms with Crippen LogP contribution in [0.4, 0.5) is 5.69 Å². The summed E-state index contributed by atoms with van der Waals surface area (Å²) in [6.45, 7) is 4.41. The van der Waals surface area contributed by atoms with Gasteiger partial charge < -0.3 is 4.90 Å². The van der Waals surface area contributed by atoms with E-state index in [9.17, 15) is 14.9 Å². The van der Waals surface area contributed by atoms with Gasteiger partial charge in [-0.05, 0) is 30.2 Å². The molecule has 0 aliphatic carbocycles. The summed E-state index contributed by atoms with van der Waals surface area (Å²) in [6.07, 6.45) is 0. The highest BCUT2D eigenvalue weighted by Crippen LogP contribution is 2.30. The molecule has 0 aromatic heterocycles. The Bertz CT molecular complexity index is 1020. The Balaban J connectivity index is 1.50. The molecule has 0 spiro atoms. The Morgan fingerprint density at radius 3 is 1.90 bits per heavy atom. The fourth-order valence-corrected chi connectivity index (χ4v) is 4.24. The summed E-state index contributed by atoms with van der Waals surface area (Å²) >= 11 is 0. The summed E-state index contributed by atoms with van der Waals surface area (Å²) in [7, 11) is 0. The minimum absolute atomic E-state index is 0.0370. The lowest BCUT2D eigenvalue weighted by Gasteiger charge is -2.39. The highest BCUT2D eigenvalue weighted by molar-refractivity contribution is 5.94. The van der Waals surface area contributed by atoms with Crippen molar-refractivity contribution in [2.75, 3.05) is 26.2 Å². The molecule has 31 heavy (non-hydrogen) atoms. The molecule has 1 saturated heterocycles. The van der Waals surface area contributed by atoms with Crippen molar-refractivity contribution in [3.8, 4) is 0 Å². The Morgan fingerprint density at radius 1 is 0.871 bits per heavy atom. The first kappa shape index (κ1) is 20.8. The average molecular weight is 415 g/mol. The summed E-state index contributed by atoms with van der Waals surface area (Å²) < 4.78 is 0. The number of hydrogen-bond donors (Lipinski definition) is 0. The second-order valence-corrected chi connectivity index (χ2v) is 7.81. The van der Waals surface area contributed by atoms with Crippen LogP contribution in [0.25, 0.3) is 0 Å². The number of carbonyl (C=O) groups excluding carboxylic acids is 1. The molecule has 3 aromatic carbocycles. The van der Waals surface area contributed by atoms with Gasteiger partial charge in [-0.25, -0.2) is 0 Å². The summed E-state index contributed by atoms with van der Waals surface area (Å²) in [5, 5.41) is 11.0. The number of nitro benzene ring substituents is 1. The lowest BCUT2D eigenvalue weighted by Crippen LogP contribution is -2.49. The van der Waals surface area contributed by atoms with Crippen LogP contribution in [0.1, 0.15) is 33.1 Å². The van der Waals surface area contributed by atoms with Gasteiger partial charge in [0.15, 0.2) is 0 Å². The number of hydrogen-bond acceptors (Lipinski definition) is 4. The van der Waals surface area contributed by atoms with Gasteiger partial charge in [0.2, 0.25) is 0 Å². The van der Waals surface area contributed by atoms with Crippen LogP contribution in [0.15, 0.2) is 78.9 Å². The topological polar surface area (TPSA) is 66.7 Å². The van der Waals surface area contributed by atoms with E-state index in [0.717, 1.165) is 13.1 Å². The predicted octanol–water partition coefficient (Wildman–Crippen LogP) is 4.45. The van der Waals surface area contributed by atoms with Crippen molar-refractivity contribution < 1.29 is 9.72 Å². The monoisotopic (exact) mass is 415 g/mol. The van der Waals surface area contributed by atoms with Gasteiger partial charge in [0.05, 0.1) is 11.0 Å². The van der Waals surface area contributed by atoms with Crippen LogP contribution in [-0.4, -0.2) is 46.8 Å². The third-order valence-corrected chi connectivity index (χ3v) is 5.84. The molecule has 1 fully saturated rings. The molecule has 0 unspecified atom stereocenters. The summed E-state index contributed by atoms with van der Waals surface area (Å²) in [6, 6.07) is 25.6. The first-order valence-electron chi connectivity index (χ1n) is 10.4. The maximum atomic E-state index is 13.0. The third kappa shape index (κ3) is 4.49. The van der Waals surface area contributed by atoms with Crippen molar-refractivity contribution in [1.82, 2.24) is 9.80 Å². The Labute approximate surface area is 181 Å². The first-order valence-corrected chi connectivity index (χ1v) is 10.4. The van der Waals surface area contributed by atoms with E-state index in [2.05, 4.69) is 53.4 Å².